The van der Waals surface area contributed by atoms with Gasteiger partial charge in [-0.1, -0.05) is 25.1 Å². The zero-order chi connectivity index (χ0) is 24.8. The van der Waals surface area contributed by atoms with Gasteiger partial charge >= 0.3 is 0 Å². The van der Waals surface area contributed by atoms with Crippen LogP contribution in [0.3, 0.4) is 0 Å². The quantitative estimate of drug-likeness (QED) is 0.314. The van der Waals surface area contributed by atoms with Crippen LogP contribution in [0.25, 0.3) is 22.3 Å². The molecule has 8 nitrogen and oxygen atoms in total. The SMILES string of the molecule is CCOCCOCCNC(=O)C(CC)c1cc2n(c(=O)c1COC)Cc1cc3ccccc3nc1-2. The Morgan fingerprint density at radius 1 is 1.14 bits per heavy atom. The number of para-hydroxylation sites is 1. The number of pyridine rings is 2. The Kier molecular flexibility index (Phi) is 8.28. The van der Waals surface area contributed by atoms with Crippen molar-refractivity contribution in [3.05, 3.63) is 63.4 Å². The summed E-state index contributed by atoms with van der Waals surface area (Å²) in [5, 5.41) is 3.99. The lowest BCUT2D eigenvalue weighted by molar-refractivity contribution is -0.122. The first-order valence-electron chi connectivity index (χ1n) is 12.2. The first kappa shape index (κ1) is 25.0. The van der Waals surface area contributed by atoms with Crippen molar-refractivity contribution >= 4 is 16.8 Å². The zero-order valence-electron chi connectivity index (χ0n) is 20.6. The van der Waals surface area contributed by atoms with Gasteiger partial charge in [0, 0.05) is 36.8 Å². The van der Waals surface area contributed by atoms with E-state index < -0.39 is 5.92 Å². The van der Waals surface area contributed by atoms with Gasteiger partial charge in [-0.15, -0.1) is 0 Å². The molecule has 35 heavy (non-hydrogen) atoms. The van der Waals surface area contributed by atoms with Crippen LogP contribution in [0.4, 0.5) is 0 Å². The van der Waals surface area contributed by atoms with Crippen molar-refractivity contribution < 1.29 is 19.0 Å². The van der Waals surface area contributed by atoms with E-state index >= 15 is 0 Å². The zero-order valence-corrected chi connectivity index (χ0v) is 20.6. The molecule has 2 aromatic heterocycles. The monoisotopic (exact) mass is 479 g/mol. The molecule has 1 N–H and O–H groups in total. The van der Waals surface area contributed by atoms with E-state index in [4.69, 9.17) is 19.2 Å². The molecule has 0 aliphatic carbocycles. The first-order valence-corrected chi connectivity index (χ1v) is 12.2. The number of amides is 1. The van der Waals surface area contributed by atoms with Crippen molar-refractivity contribution in [2.24, 2.45) is 0 Å². The Morgan fingerprint density at radius 3 is 2.71 bits per heavy atom. The molecule has 1 unspecified atom stereocenters. The van der Waals surface area contributed by atoms with Crippen molar-refractivity contribution in [2.45, 2.75) is 39.3 Å². The molecule has 0 radical (unpaired) electrons. The van der Waals surface area contributed by atoms with E-state index in [2.05, 4.69) is 11.4 Å². The number of nitrogens with zero attached hydrogens (tertiary/aromatic N) is 2. The highest BCUT2D eigenvalue weighted by molar-refractivity contribution is 5.86. The number of carbonyl (C=O) groups excluding carboxylic acids is 1. The number of nitrogens with one attached hydrogen (secondary N) is 1. The number of fused-ring (bicyclic) bond motifs is 4. The Bertz CT molecular complexity index is 1250. The van der Waals surface area contributed by atoms with E-state index in [1.165, 1.54) is 0 Å². The summed E-state index contributed by atoms with van der Waals surface area (Å²) in [4.78, 5) is 31.6. The van der Waals surface area contributed by atoms with Crippen LogP contribution in [-0.4, -0.2) is 55.5 Å². The number of benzene rings is 1. The molecule has 0 saturated heterocycles. The summed E-state index contributed by atoms with van der Waals surface area (Å²) in [5.74, 6) is -0.612. The second kappa shape index (κ2) is 11.6. The molecule has 1 atom stereocenters. The van der Waals surface area contributed by atoms with Crippen molar-refractivity contribution in [1.82, 2.24) is 14.9 Å². The van der Waals surface area contributed by atoms with Crippen LogP contribution in [0.2, 0.25) is 0 Å². The third-order valence-electron chi connectivity index (χ3n) is 6.32. The highest BCUT2D eigenvalue weighted by atomic mass is 16.5. The number of hydrogen-bond acceptors (Lipinski definition) is 6. The largest absolute Gasteiger partial charge is 0.380 e. The van der Waals surface area contributed by atoms with E-state index in [1.54, 1.807) is 11.7 Å². The van der Waals surface area contributed by atoms with Gasteiger partial charge in [0.2, 0.25) is 5.91 Å². The number of methoxy groups -OCH3 is 1. The number of hydrogen-bond donors (Lipinski definition) is 1. The molecule has 3 aromatic rings. The molecule has 0 saturated carbocycles. The number of carbonyl (C=O) groups is 1. The smallest absolute Gasteiger partial charge is 0.257 e. The van der Waals surface area contributed by atoms with Crippen LogP contribution in [0, 0.1) is 0 Å². The molecule has 8 heteroatoms. The third kappa shape index (κ3) is 5.29. The van der Waals surface area contributed by atoms with Crippen molar-refractivity contribution in [1.29, 1.82) is 0 Å². The van der Waals surface area contributed by atoms with Crippen LogP contribution in [0.15, 0.2) is 41.2 Å². The molecule has 0 bridgehead atoms. The average Bonchev–Trinajstić information content (AvgIpc) is 3.22. The number of ether oxygens (including phenoxy) is 3. The molecular weight excluding hydrogens is 446 g/mol. The molecule has 4 rings (SSSR count). The van der Waals surface area contributed by atoms with E-state index in [9.17, 15) is 9.59 Å². The summed E-state index contributed by atoms with van der Waals surface area (Å²) in [6.45, 7) is 6.95. The van der Waals surface area contributed by atoms with E-state index in [-0.39, 0.29) is 18.1 Å². The van der Waals surface area contributed by atoms with Crippen LogP contribution in [0.5, 0.6) is 0 Å². The van der Waals surface area contributed by atoms with Crippen molar-refractivity contribution in [3.8, 4) is 11.4 Å². The standard InChI is InChI=1S/C27H33N3O5/c1-4-20(26(31)28-10-11-35-13-12-34-5-2)21-15-24-25-19(14-18-8-6-7-9-23(18)29-25)16-30(24)27(32)22(21)17-33-3/h6-9,14-15,20H,4-5,10-13,16-17H2,1-3H3,(H,28,31). The van der Waals surface area contributed by atoms with Gasteiger partial charge in [-0.05, 0) is 37.1 Å². The lowest BCUT2D eigenvalue weighted by atomic mass is 9.91. The van der Waals surface area contributed by atoms with Crippen LogP contribution >= 0.6 is 0 Å². The maximum Gasteiger partial charge on any atom is 0.257 e. The number of rotatable bonds is 12. The summed E-state index contributed by atoms with van der Waals surface area (Å²) in [7, 11) is 1.56. The normalized spacial score (nSPS) is 13.0. The van der Waals surface area contributed by atoms with Crippen molar-refractivity contribution in [3.63, 3.8) is 0 Å². The van der Waals surface area contributed by atoms with Crippen LogP contribution in [0.1, 0.15) is 42.9 Å². The molecular formula is C27H33N3O5. The predicted molar refractivity (Wildman–Crippen MR) is 135 cm³/mol. The molecule has 3 heterocycles. The maximum absolute atomic E-state index is 13.6. The van der Waals surface area contributed by atoms with E-state index in [0.717, 1.165) is 27.9 Å². The molecule has 0 fully saturated rings. The number of aromatic nitrogens is 2. The maximum atomic E-state index is 13.6. The Balaban J connectivity index is 1.62. The van der Waals surface area contributed by atoms with Gasteiger partial charge in [0.25, 0.3) is 5.56 Å². The minimum Gasteiger partial charge on any atom is -0.380 e. The highest BCUT2D eigenvalue weighted by Crippen LogP contribution is 2.34. The second-order valence-corrected chi connectivity index (χ2v) is 8.54. The summed E-state index contributed by atoms with van der Waals surface area (Å²) < 4.78 is 17.9. The van der Waals surface area contributed by atoms with Gasteiger partial charge in [-0.2, -0.15) is 0 Å². The predicted octanol–water partition coefficient (Wildman–Crippen LogP) is 3.23. The second-order valence-electron chi connectivity index (χ2n) is 8.54. The van der Waals surface area contributed by atoms with E-state index in [0.29, 0.717) is 57.1 Å². The van der Waals surface area contributed by atoms with Gasteiger partial charge in [-0.3, -0.25) is 9.59 Å². The Labute approximate surface area is 205 Å². The van der Waals surface area contributed by atoms with Crippen LogP contribution < -0.4 is 10.9 Å². The van der Waals surface area contributed by atoms with Gasteiger partial charge in [0.1, 0.15) is 0 Å². The summed E-state index contributed by atoms with van der Waals surface area (Å²) in [5.41, 5.74) is 4.51. The molecule has 1 aliphatic heterocycles. The fraction of sp³-hybridized carbons (Fsp3) is 0.444. The minimum atomic E-state index is -0.480. The summed E-state index contributed by atoms with van der Waals surface area (Å²) >= 11 is 0. The average molecular weight is 480 g/mol. The van der Waals surface area contributed by atoms with Gasteiger partial charge in [0.15, 0.2) is 0 Å². The van der Waals surface area contributed by atoms with Gasteiger partial charge in [-0.25, -0.2) is 4.98 Å². The van der Waals surface area contributed by atoms with Gasteiger partial charge in [0.05, 0.1) is 55.8 Å². The topological polar surface area (TPSA) is 91.7 Å². The first-order chi connectivity index (χ1) is 17.1. The Morgan fingerprint density at radius 2 is 1.94 bits per heavy atom. The lowest BCUT2D eigenvalue weighted by Gasteiger charge is -2.20. The highest BCUT2D eigenvalue weighted by Gasteiger charge is 2.29. The third-order valence-corrected chi connectivity index (χ3v) is 6.32. The van der Waals surface area contributed by atoms with Gasteiger partial charge < -0.3 is 24.1 Å². The van der Waals surface area contributed by atoms with Crippen LogP contribution in [-0.2, 0) is 32.2 Å². The molecule has 186 valence electrons. The lowest BCUT2D eigenvalue weighted by Crippen LogP contribution is -2.34. The minimum absolute atomic E-state index is 0.132. The molecule has 1 aromatic carbocycles. The summed E-state index contributed by atoms with van der Waals surface area (Å²) in [6, 6.07) is 12.0. The van der Waals surface area contributed by atoms with E-state index in [1.807, 2.05) is 44.2 Å². The van der Waals surface area contributed by atoms with Crippen molar-refractivity contribution in [2.75, 3.05) is 40.1 Å². The molecule has 1 amide bonds. The molecule has 0 spiro atoms. The fourth-order valence-electron chi connectivity index (χ4n) is 4.61. The Hall–Kier alpha value is -3.07. The molecule has 1 aliphatic rings. The fourth-order valence-corrected chi connectivity index (χ4v) is 4.61. The summed E-state index contributed by atoms with van der Waals surface area (Å²) in [6.07, 6.45) is 0.550.